The van der Waals surface area contributed by atoms with Crippen molar-refractivity contribution in [2.75, 3.05) is 6.61 Å². The van der Waals surface area contributed by atoms with E-state index in [-0.39, 0.29) is 17.5 Å². The lowest BCUT2D eigenvalue weighted by Gasteiger charge is -2.63. The minimum Gasteiger partial charge on any atom is -0.462 e. The molecule has 31 heavy (non-hydrogen) atoms. The van der Waals surface area contributed by atoms with E-state index in [1.54, 1.807) is 6.92 Å². The first kappa shape index (κ1) is 22.2. The Morgan fingerprint density at radius 1 is 0.935 bits per heavy atom. The highest BCUT2D eigenvalue weighted by atomic mass is 16.5. The molecule has 3 heteroatoms. The Balaban J connectivity index is 1.45. The predicted octanol–water partition coefficient (Wildman–Crippen LogP) is 6.38. The fourth-order valence-corrected chi connectivity index (χ4v) is 11.1. The lowest BCUT2D eigenvalue weighted by atomic mass is 9.41. The molecule has 0 aromatic rings. The summed E-state index contributed by atoms with van der Waals surface area (Å²) < 4.78 is 5.86. The molecule has 0 aromatic heterocycles. The normalized spacial score (nSPS) is 52.9. The molecule has 0 aromatic carbocycles. The van der Waals surface area contributed by atoms with Gasteiger partial charge in [0.05, 0.1) is 0 Å². The summed E-state index contributed by atoms with van der Waals surface area (Å²) in [5.74, 6) is 2.86. The molecule has 9 atom stereocenters. The van der Waals surface area contributed by atoms with Crippen LogP contribution in [0.5, 0.6) is 0 Å². The van der Waals surface area contributed by atoms with Gasteiger partial charge in [0, 0.05) is 18.9 Å². The van der Waals surface area contributed by atoms with Gasteiger partial charge in [-0.05, 0) is 110 Å². The second-order valence-electron chi connectivity index (χ2n) is 13.6. The van der Waals surface area contributed by atoms with E-state index in [4.69, 9.17) is 4.74 Å². The minimum atomic E-state index is -0.108. The number of hydrogen-bond donors (Lipinski definition) is 1. The Morgan fingerprint density at radius 3 is 2.29 bits per heavy atom. The molecule has 5 fully saturated rings. The van der Waals surface area contributed by atoms with Gasteiger partial charge in [-0.3, -0.25) is 4.79 Å². The van der Waals surface area contributed by atoms with Gasteiger partial charge < -0.3 is 9.84 Å². The van der Waals surface area contributed by atoms with Crippen LogP contribution in [-0.4, -0.2) is 23.8 Å². The minimum absolute atomic E-state index is 0.0912. The molecule has 0 radical (unpaired) electrons. The van der Waals surface area contributed by atoms with Crippen LogP contribution < -0.4 is 0 Å². The number of aliphatic hydroxyl groups is 1. The van der Waals surface area contributed by atoms with E-state index in [2.05, 4.69) is 34.6 Å². The molecule has 0 amide bonds. The summed E-state index contributed by atoms with van der Waals surface area (Å²) in [7, 11) is 0. The van der Waals surface area contributed by atoms with Crippen LogP contribution in [0.25, 0.3) is 0 Å². The molecule has 5 aliphatic rings. The van der Waals surface area contributed by atoms with E-state index in [9.17, 15) is 9.90 Å². The number of aliphatic hydroxyl groups excluding tert-OH is 1. The molecule has 0 heterocycles. The molecule has 176 valence electrons. The van der Waals surface area contributed by atoms with Crippen molar-refractivity contribution < 1.29 is 14.6 Å². The third kappa shape index (κ3) is 2.59. The molecular formula is C28H46O3. The Hall–Kier alpha value is -0.570. The molecule has 5 aliphatic carbocycles. The van der Waals surface area contributed by atoms with Gasteiger partial charge >= 0.3 is 5.97 Å². The van der Waals surface area contributed by atoms with Crippen molar-refractivity contribution in [1.29, 1.82) is 0 Å². The van der Waals surface area contributed by atoms with Crippen LogP contribution in [-0.2, 0) is 9.53 Å². The third-order valence-electron chi connectivity index (χ3n) is 12.7. The average Bonchev–Trinajstić information content (AvgIpc) is 3.27. The summed E-state index contributed by atoms with van der Waals surface area (Å²) in [5.41, 5.74) is 2.03. The maximum absolute atomic E-state index is 11.8. The van der Waals surface area contributed by atoms with Crippen LogP contribution in [0.4, 0.5) is 0 Å². The highest BCUT2D eigenvalue weighted by molar-refractivity contribution is 5.66. The fourth-order valence-electron chi connectivity index (χ4n) is 11.1. The Bertz CT molecular complexity index is 759. The van der Waals surface area contributed by atoms with E-state index in [0.717, 1.165) is 24.7 Å². The molecule has 5 saturated carbocycles. The molecule has 2 spiro atoms. The molecule has 0 saturated heterocycles. The lowest BCUT2D eigenvalue weighted by Crippen LogP contribution is -2.58. The first-order chi connectivity index (χ1) is 14.5. The van der Waals surface area contributed by atoms with Crippen LogP contribution in [0.3, 0.4) is 0 Å². The third-order valence-corrected chi connectivity index (χ3v) is 12.7. The average molecular weight is 431 g/mol. The van der Waals surface area contributed by atoms with Gasteiger partial charge in [0.15, 0.2) is 0 Å². The molecule has 3 unspecified atom stereocenters. The van der Waals surface area contributed by atoms with E-state index < -0.39 is 0 Å². The second kappa shape index (κ2) is 6.73. The van der Waals surface area contributed by atoms with Crippen LogP contribution in [0.2, 0.25) is 0 Å². The monoisotopic (exact) mass is 430 g/mol. The van der Waals surface area contributed by atoms with Crippen molar-refractivity contribution in [1.82, 2.24) is 0 Å². The van der Waals surface area contributed by atoms with Crippen LogP contribution >= 0.6 is 0 Å². The van der Waals surface area contributed by atoms with Crippen molar-refractivity contribution in [3.63, 3.8) is 0 Å². The smallest absolute Gasteiger partial charge is 0.302 e. The number of carbonyl (C=O) groups is 1. The highest BCUT2D eigenvalue weighted by Crippen LogP contribution is 2.89. The van der Waals surface area contributed by atoms with E-state index in [1.165, 1.54) is 51.4 Å². The topological polar surface area (TPSA) is 46.5 Å². The Kier molecular flexibility index (Phi) is 4.83. The Morgan fingerprint density at radius 2 is 1.61 bits per heavy atom. The second-order valence-corrected chi connectivity index (χ2v) is 13.6. The van der Waals surface area contributed by atoms with Crippen molar-refractivity contribution in [2.24, 2.45) is 50.7 Å². The van der Waals surface area contributed by atoms with Gasteiger partial charge in [-0.15, -0.1) is 0 Å². The Labute approximate surface area is 190 Å². The van der Waals surface area contributed by atoms with Crippen molar-refractivity contribution in [2.45, 2.75) is 112 Å². The molecule has 0 bridgehead atoms. The number of rotatable bonds is 4. The fraction of sp³-hybridized carbons (Fsp3) is 0.964. The highest BCUT2D eigenvalue weighted by Gasteiger charge is 2.82. The largest absolute Gasteiger partial charge is 0.462 e. The SMILES string of the molecule is CC(=O)O[C@H]1CC[C@]23C[C@]24CC[C@]2(C)C([C@H](C)CCO)CC[C@@]2(C)C4CCC3C1(C)C. The van der Waals surface area contributed by atoms with Crippen LogP contribution in [0, 0.1) is 50.7 Å². The van der Waals surface area contributed by atoms with Crippen molar-refractivity contribution in [3.8, 4) is 0 Å². The summed E-state index contributed by atoms with van der Waals surface area (Å²) in [4.78, 5) is 11.8. The van der Waals surface area contributed by atoms with Gasteiger partial charge in [-0.25, -0.2) is 0 Å². The predicted molar refractivity (Wildman–Crippen MR) is 123 cm³/mol. The van der Waals surface area contributed by atoms with Crippen molar-refractivity contribution >= 4 is 5.97 Å². The van der Waals surface area contributed by atoms with Gasteiger partial charge in [-0.2, -0.15) is 0 Å². The van der Waals surface area contributed by atoms with E-state index >= 15 is 0 Å². The summed E-state index contributed by atoms with van der Waals surface area (Å²) in [5, 5.41) is 9.60. The van der Waals surface area contributed by atoms with Gasteiger partial charge in [0.1, 0.15) is 6.10 Å². The van der Waals surface area contributed by atoms with Gasteiger partial charge in [0.2, 0.25) is 0 Å². The number of fused-ring (bicyclic) bond motifs is 2. The van der Waals surface area contributed by atoms with E-state index in [1.807, 2.05) is 0 Å². The maximum atomic E-state index is 11.8. The summed E-state index contributed by atoms with van der Waals surface area (Å²) >= 11 is 0. The lowest BCUT2D eigenvalue weighted by molar-refractivity contribution is -0.181. The first-order valence-corrected chi connectivity index (χ1v) is 13.3. The van der Waals surface area contributed by atoms with Crippen molar-refractivity contribution in [3.05, 3.63) is 0 Å². The van der Waals surface area contributed by atoms with Crippen LogP contribution in [0.15, 0.2) is 0 Å². The maximum Gasteiger partial charge on any atom is 0.302 e. The molecule has 3 nitrogen and oxygen atoms in total. The van der Waals surface area contributed by atoms with Gasteiger partial charge in [0.25, 0.3) is 0 Å². The van der Waals surface area contributed by atoms with E-state index in [0.29, 0.717) is 40.1 Å². The zero-order chi connectivity index (χ0) is 22.4. The summed E-state index contributed by atoms with van der Waals surface area (Å²) in [6.45, 7) is 14.4. The standard InChI is InChI=1S/C28H46O3/c1-18(11-16-29)20-9-12-26(6)22-8-7-21-24(3,4)23(31-19(2)30)10-13-27(21)17-28(22,27)15-14-25(20,26)5/h18,20-23,29H,7-17H2,1-6H3/t18-,20?,21?,22?,23+,25-,26+,27-,28+/m1/s1. The zero-order valence-corrected chi connectivity index (χ0v) is 20.9. The van der Waals surface area contributed by atoms with Crippen LogP contribution in [0.1, 0.15) is 106 Å². The quantitative estimate of drug-likeness (QED) is 0.527. The number of esters is 1. The number of hydrogen-bond acceptors (Lipinski definition) is 3. The number of ether oxygens (including phenoxy) is 1. The molecule has 1 N–H and O–H groups in total. The van der Waals surface area contributed by atoms with Gasteiger partial charge in [-0.1, -0.05) is 34.6 Å². The first-order valence-electron chi connectivity index (χ1n) is 13.3. The molecule has 0 aliphatic heterocycles. The summed E-state index contributed by atoms with van der Waals surface area (Å²) in [6, 6.07) is 0. The molecular weight excluding hydrogens is 384 g/mol. The zero-order valence-electron chi connectivity index (χ0n) is 20.9. The number of carbonyl (C=O) groups excluding carboxylic acids is 1. The molecule has 5 rings (SSSR count). The summed E-state index contributed by atoms with van der Waals surface area (Å²) in [6.07, 6.45) is 13.0.